The SMILES string of the molecule is COC(=O)OC1=C(C)N(C)C(C)=C(OC(=O)OC)C1CCc1cccnc1. The van der Waals surface area contributed by atoms with Gasteiger partial charge in [0.05, 0.1) is 31.5 Å². The van der Waals surface area contributed by atoms with Crippen LogP contribution in [-0.4, -0.2) is 43.5 Å². The molecule has 1 aromatic rings. The van der Waals surface area contributed by atoms with Gasteiger partial charge in [0.2, 0.25) is 0 Å². The molecule has 0 aliphatic carbocycles. The summed E-state index contributed by atoms with van der Waals surface area (Å²) >= 11 is 0. The maximum absolute atomic E-state index is 11.8. The van der Waals surface area contributed by atoms with Crippen LogP contribution < -0.4 is 0 Å². The zero-order valence-corrected chi connectivity index (χ0v) is 16.1. The molecule has 0 radical (unpaired) electrons. The van der Waals surface area contributed by atoms with Gasteiger partial charge in [-0.05, 0) is 38.3 Å². The first-order valence-corrected chi connectivity index (χ1v) is 8.44. The Labute approximate surface area is 158 Å². The molecule has 0 atom stereocenters. The molecule has 0 N–H and O–H groups in total. The summed E-state index contributed by atoms with van der Waals surface area (Å²) in [4.78, 5) is 29.4. The van der Waals surface area contributed by atoms with Crippen LogP contribution in [0.5, 0.6) is 0 Å². The van der Waals surface area contributed by atoms with Crippen LogP contribution in [-0.2, 0) is 25.4 Å². The molecule has 8 heteroatoms. The molecule has 8 nitrogen and oxygen atoms in total. The number of aromatic nitrogens is 1. The van der Waals surface area contributed by atoms with E-state index in [9.17, 15) is 9.59 Å². The molecule has 0 aromatic carbocycles. The summed E-state index contributed by atoms with van der Waals surface area (Å²) in [5.41, 5.74) is 2.47. The second-order valence-corrected chi connectivity index (χ2v) is 6.02. The zero-order chi connectivity index (χ0) is 20.0. The fourth-order valence-electron chi connectivity index (χ4n) is 2.88. The molecule has 1 aromatic heterocycles. The number of carbonyl (C=O) groups is 2. The molecule has 0 fully saturated rings. The van der Waals surface area contributed by atoms with Gasteiger partial charge in [-0.2, -0.15) is 0 Å². The molecule has 1 aliphatic rings. The van der Waals surface area contributed by atoms with Crippen LogP contribution in [0.3, 0.4) is 0 Å². The van der Waals surface area contributed by atoms with E-state index in [0.29, 0.717) is 24.4 Å². The molecule has 0 amide bonds. The number of pyridine rings is 1. The molecule has 2 rings (SSSR count). The van der Waals surface area contributed by atoms with E-state index < -0.39 is 18.2 Å². The summed E-state index contributed by atoms with van der Waals surface area (Å²) in [6, 6.07) is 3.81. The summed E-state index contributed by atoms with van der Waals surface area (Å²) in [7, 11) is 4.27. The van der Waals surface area contributed by atoms with Crippen LogP contribution in [0.25, 0.3) is 0 Å². The highest BCUT2D eigenvalue weighted by Gasteiger charge is 2.36. The first kappa shape index (κ1) is 20.3. The van der Waals surface area contributed by atoms with Gasteiger partial charge < -0.3 is 23.8 Å². The highest BCUT2D eigenvalue weighted by molar-refractivity contribution is 5.63. The minimum Gasteiger partial charge on any atom is -0.437 e. The van der Waals surface area contributed by atoms with E-state index in [1.165, 1.54) is 14.2 Å². The summed E-state index contributed by atoms with van der Waals surface area (Å²) in [6.45, 7) is 3.65. The Hall–Kier alpha value is -3.03. The topological polar surface area (TPSA) is 87.2 Å². The van der Waals surface area contributed by atoms with E-state index in [0.717, 1.165) is 17.0 Å². The Morgan fingerprint density at radius 3 is 2.07 bits per heavy atom. The lowest BCUT2D eigenvalue weighted by molar-refractivity contribution is 0.0662. The predicted octanol–water partition coefficient (Wildman–Crippen LogP) is 3.60. The maximum Gasteiger partial charge on any atom is 0.513 e. The van der Waals surface area contributed by atoms with Crippen molar-refractivity contribution in [2.24, 2.45) is 5.92 Å². The molecule has 0 bridgehead atoms. The van der Waals surface area contributed by atoms with Gasteiger partial charge in [0.1, 0.15) is 11.5 Å². The van der Waals surface area contributed by atoms with E-state index >= 15 is 0 Å². The quantitative estimate of drug-likeness (QED) is 0.720. The molecule has 0 saturated carbocycles. The normalized spacial score (nSPS) is 14.9. The Morgan fingerprint density at radius 2 is 1.63 bits per heavy atom. The van der Waals surface area contributed by atoms with Gasteiger partial charge in [0.25, 0.3) is 0 Å². The number of ether oxygens (including phenoxy) is 4. The number of hydrogen-bond donors (Lipinski definition) is 0. The van der Waals surface area contributed by atoms with Crippen molar-refractivity contribution in [3.05, 3.63) is 53.0 Å². The maximum atomic E-state index is 11.8. The number of nitrogens with zero attached hydrogens (tertiary/aromatic N) is 2. The van der Waals surface area contributed by atoms with Crippen molar-refractivity contribution in [2.75, 3.05) is 21.3 Å². The first-order valence-electron chi connectivity index (χ1n) is 8.44. The van der Waals surface area contributed by atoms with Crippen molar-refractivity contribution in [1.82, 2.24) is 9.88 Å². The van der Waals surface area contributed by atoms with Gasteiger partial charge in [0, 0.05) is 19.4 Å². The number of hydrogen-bond acceptors (Lipinski definition) is 8. The summed E-state index contributed by atoms with van der Waals surface area (Å²) < 4.78 is 20.1. The van der Waals surface area contributed by atoms with Crippen LogP contribution in [0.15, 0.2) is 47.4 Å². The molecule has 146 valence electrons. The first-order chi connectivity index (χ1) is 12.9. The van der Waals surface area contributed by atoms with Crippen LogP contribution in [0, 0.1) is 5.92 Å². The second kappa shape index (κ2) is 9.07. The zero-order valence-electron chi connectivity index (χ0n) is 16.1. The molecular formula is C19H24N2O6. The van der Waals surface area contributed by atoms with Crippen LogP contribution in [0.2, 0.25) is 0 Å². The monoisotopic (exact) mass is 376 g/mol. The number of methoxy groups -OCH3 is 2. The third kappa shape index (κ3) is 4.78. The minimum absolute atomic E-state index is 0.373. The van der Waals surface area contributed by atoms with E-state index in [2.05, 4.69) is 14.5 Å². The minimum atomic E-state index is -0.832. The van der Waals surface area contributed by atoms with Gasteiger partial charge in [-0.3, -0.25) is 4.98 Å². The van der Waals surface area contributed by atoms with Crippen LogP contribution >= 0.6 is 0 Å². The second-order valence-electron chi connectivity index (χ2n) is 6.02. The molecule has 0 saturated heterocycles. The van der Waals surface area contributed by atoms with Crippen molar-refractivity contribution in [3.63, 3.8) is 0 Å². The van der Waals surface area contributed by atoms with Gasteiger partial charge in [-0.1, -0.05) is 6.07 Å². The van der Waals surface area contributed by atoms with Crippen LogP contribution in [0.1, 0.15) is 25.8 Å². The Kier molecular flexibility index (Phi) is 6.81. The lowest BCUT2D eigenvalue weighted by atomic mass is 9.91. The van der Waals surface area contributed by atoms with Crippen molar-refractivity contribution < 1.29 is 28.5 Å². The number of aryl methyl sites for hydroxylation is 1. The molecule has 27 heavy (non-hydrogen) atoms. The lowest BCUT2D eigenvalue weighted by Gasteiger charge is -2.35. The average molecular weight is 376 g/mol. The van der Waals surface area contributed by atoms with Crippen molar-refractivity contribution >= 4 is 12.3 Å². The fourth-order valence-corrected chi connectivity index (χ4v) is 2.88. The Bertz CT molecular complexity index is 715. The van der Waals surface area contributed by atoms with Crippen molar-refractivity contribution in [3.8, 4) is 0 Å². The Balaban J connectivity index is 2.38. The van der Waals surface area contributed by atoms with Crippen molar-refractivity contribution in [1.29, 1.82) is 0 Å². The van der Waals surface area contributed by atoms with E-state index in [4.69, 9.17) is 9.47 Å². The summed E-state index contributed by atoms with van der Waals surface area (Å²) in [5.74, 6) is 0.287. The average Bonchev–Trinajstić information content (AvgIpc) is 2.69. The largest absolute Gasteiger partial charge is 0.513 e. The summed E-state index contributed by atoms with van der Waals surface area (Å²) in [6.07, 6.45) is 2.98. The number of rotatable bonds is 5. The smallest absolute Gasteiger partial charge is 0.437 e. The number of allylic oxidation sites excluding steroid dienone is 2. The summed E-state index contributed by atoms with van der Waals surface area (Å²) in [5, 5.41) is 0. The molecule has 2 heterocycles. The third-order valence-electron chi connectivity index (χ3n) is 4.52. The fraction of sp³-hybridized carbons (Fsp3) is 0.421. The van der Waals surface area contributed by atoms with Crippen molar-refractivity contribution in [2.45, 2.75) is 26.7 Å². The predicted molar refractivity (Wildman–Crippen MR) is 96.2 cm³/mol. The van der Waals surface area contributed by atoms with E-state index in [-0.39, 0.29) is 0 Å². The van der Waals surface area contributed by atoms with E-state index in [1.807, 2.05) is 26.0 Å². The Morgan fingerprint density at radius 1 is 1.07 bits per heavy atom. The molecular weight excluding hydrogens is 352 g/mol. The highest BCUT2D eigenvalue weighted by atomic mass is 16.7. The van der Waals surface area contributed by atoms with Gasteiger partial charge in [-0.25, -0.2) is 9.59 Å². The number of carbonyl (C=O) groups excluding carboxylic acids is 2. The highest BCUT2D eigenvalue weighted by Crippen LogP contribution is 2.38. The third-order valence-corrected chi connectivity index (χ3v) is 4.52. The standard InChI is InChI=1S/C19H24N2O6/c1-12-16(26-18(22)24-4)15(9-8-14-7-6-10-20-11-14)17(13(2)21(12)3)27-19(23)25-5/h6-7,10-11,15H,8-9H2,1-5H3. The van der Waals surface area contributed by atoms with Crippen LogP contribution in [0.4, 0.5) is 9.59 Å². The molecule has 0 unspecified atom stereocenters. The van der Waals surface area contributed by atoms with E-state index in [1.54, 1.807) is 24.3 Å². The van der Waals surface area contributed by atoms with Gasteiger partial charge >= 0.3 is 12.3 Å². The van der Waals surface area contributed by atoms with Gasteiger partial charge in [-0.15, -0.1) is 0 Å². The lowest BCUT2D eigenvalue weighted by Crippen LogP contribution is -2.31. The molecule has 0 spiro atoms. The molecule has 1 aliphatic heterocycles. The van der Waals surface area contributed by atoms with Gasteiger partial charge in [0.15, 0.2) is 0 Å².